The Balaban J connectivity index is 2.06. The van der Waals surface area contributed by atoms with Gasteiger partial charge in [-0.3, -0.25) is 0 Å². The van der Waals surface area contributed by atoms with Gasteiger partial charge in [-0.05, 0) is 32.9 Å². The maximum Gasteiger partial charge on any atom is 0.142 e. The Morgan fingerprint density at radius 1 is 1.19 bits per heavy atom. The Morgan fingerprint density at radius 2 is 1.86 bits per heavy atom. The molecule has 1 aromatic heterocycles. The molecule has 5 heteroatoms. The predicted octanol–water partition coefficient (Wildman–Crippen LogP) is 3.09. The molecule has 0 unspecified atom stereocenters. The lowest BCUT2D eigenvalue weighted by Crippen LogP contribution is -2.21. The zero-order valence-electron chi connectivity index (χ0n) is 12.8. The predicted molar refractivity (Wildman–Crippen MR) is 79.7 cm³/mol. The Kier molecular flexibility index (Phi) is 4.85. The number of aromatic nitrogens is 2. The van der Waals surface area contributed by atoms with Gasteiger partial charge in [-0.1, -0.05) is 6.07 Å². The number of nitrogens with zero attached hydrogens (tertiary/aromatic N) is 2. The highest BCUT2D eigenvalue weighted by Gasteiger charge is 2.12. The molecule has 2 aromatic rings. The first-order valence-corrected chi connectivity index (χ1v) is 6.87. The van der Waals surface area contributed by atoms with Gasteiger partial charge in [-0.2, -0.15) is 0 Å². The first kappa shape index (κ1) is 15.4. The van der Waals surface area contributed by atoms with Crippen LogP contribution < -0.4 is 10.1 Å². The van der Waals surface area contributed by atoms with E-state index in [1.165, 1.54) is 13.2 Å². The summed E-state index contributed by atoms with van der Waals surface area (Å²) >= 11 is 0. The highest BCUT2D eigenvalue weighted by atomic mass is 19.1. The van der Waals surface area contributed by atoms with Gasteiger partial charge in [0.05, 0.1) is 13.7 Å². The second-order valence-electron chi connectivity index (χ2n) is 5.06. The number of hydrogen-bond acceptors (Lipinski definition) is 4. The summed E-state index contributed by atoms with van der Waals surface area (Å²) in [6, 6.07) is 6.66. The van der Waals surface area contributed by atoms with Crippen molar-refractivity contribution in [2.75, 3.05) is 7.11 Å². The fourth-order valence-corrected chi connectivity index (χ4v) is 2.22. The summed E-state index contributed by atoms with van der Waals surface area (Å²) in [5.74, 6) is 0.949. The summed E-state index contributed by atoms with van der Waals surface area (Å²) in [5.41, 5.74) is 2.46. The normalized spacial score (nSPS) is 12.2. The van der Waals surface area contributed by atoms with Crippen LogP contribution >= 0.6 is 0 Å². The fourth-order valence-electron chi connectivity index (χ4n) is 2.22. The first-order valence-electron chi connectivity index (χ1n) is 6.87. The van der Waals surface area contributed by atoms with Crippen LogP contribution in [0.15, 0.2) is 24.3 Å². The fraction of sp³-hybridized carbons (Fsp3) is 0.375. The molecule has 0 saturated heterocycles. The van der Waals surface area contributed by atoms with Crippen molar-refractivity contribution in [2.45, 2.75) is 33.4 Å². The molecule has 0 fully saturated rings. The van der Waals surface area contributed by atoms with E-state index >= 15 is 0 Å². The van der Waals surface area contributed by atoms with E-state index < -0.39 is 0 Å². The minimum atomic E-state index is -0.282. The summed E-state index contributed by atoms with van der Waals surface area (Å²) in [4.78, 5) is 8.72. The van der Waals surface area contributed by atoms with Crippen LogP contribution in [0.4, 0.5) is 4.39 Å². The van der Waals surface area contributed by atoms with E-state index in [0.717, 1.165) is 11.4 Å². The largest absolute Gasteiger partial charge is 0.497 e. The van der Waals surface area contributed by atoms with Crippen molar-refractivity contribution in [2.24, 2.45) is 0 Å². The van der Waals surface area contributed by atoms with Gasteiger partial charge in [0.1, 0.15) is 17.4 Å². The molecular formula is C16H20FN3O. The number of aryl methyl sites for hydroxylation is 2. The van der Waals surface area contributed by atoms with E-state index in [-0.39, 0.29) is 11.9 Å². The lowest BCUT2D eigenvalue weighted by atomic mass is 10.1. The molecule has 1 N–H and O–H groups in total. The Bertz CT molecular complexity index is 611. The van der Waals surface area contributed by atoms with Crippen LogP contribution in [0, 0.1) is 19.7 Å². The third-order valence-electron chi connectivity index (χ3n) is 3.27. The van der Waals surface area contributed by atoms with Crippen molar-refractivity contribution in [1.82, 2.24) is 15.3 Å². The molecular weight excluding hydrogens is 269 g/mol. The van der Waals surface area contributed by atoms with Crippen molar-refractivity contribution in [1.29, 1.82) is 0 Å². The van der Waals surface area contributed by atoms with Gasteiger partial charge in [-0.25, -0.2) is 14.4 Å². The molecule has 4 nitrogen and oxygen atoms in total. The van der Waals surface area contributed by atoms with E-state index in [1.54, 1.807) is 12.1 Å². The number of halogens is 1. The van der Waals surface area contributed by atoms with Crippen molar-refractivity contribution < 1.29 is 9.13 Å². The minimum absolute atomic E-state index is 0.139. The number of methoxy groups -OCH3 is 1. The number of benzene rings is 1. The van der Waals surface area contributed by atoms with Gasteiger partial charge in [0.25, 0.3) is 0 Å². The molecule has 0 aliphatic heterocycles. The maximum atomic E-state index is 14.0. The second kappa shape index (κ2) is 6.63. The van der Waals surface area contributed by atoms with Crippen LogP contribution in [-0.2, 0) is 6.54 Å². The van der Waals surface area contributed by atoms with Crippen molar-refractivity contribution in [3.05, 3.63) is 52.9 Å². The quantitative estimate of drug-likeness (QED) is 0.919. The third kappa shape index (κ3) is 3.98. The minimum Gasteiger partial charge on any atom is -0.497 e. The average Bonchev–Trinajstić information content (AvgIpc) is 2.43. The average molecular weight is 289 g/mol. The van der Waals surface area contributed by atoms with Crippen LogP contribution in [0.25, 0.3) is 0 Å². The molecule has 0 radical (unpaired) electrons. The summed E-state index contributed by atoms with van der Waals surface area (Å²) in [5, 5.41) is 3.24. The Morgan fingerprint density at radius 3 is 2.43 bits per heavy atom. The number of rotatable bonds is 5. The van der Waals surface area contributed by atoms with Crippen molar-refractivity contribution >= 4 is 0 Å². The molecule has 0 bridgehead atoms. The second-order valence-corrected chi connectivity index (χ2v) is 5.06. The van der Waals surface area contributed by atoms with E-state index in [9.17, 15) is 4.39 Å². The topological polar surface area (TPSA) is 47.0 Å². The molecule has 1 atom stereocenters. The third-order valence-corrected chi connectivity index (χ3v) is 3.27. The van der Waals surface area contributed by atoms with Crippen LogP contribution in [-0.4, -0.2) is 17.1 Å². The van der Waals surface area contributed by atoms with Crippen LogP contribution in [0.3, 0.4) is 0 Å². The lowest BCUT2D eigenvalue weighted by Gasteiger charge is -2.15. The van der Waals surface area contributed by atoms with Crippen molar-refractivity contribution in [3.63, 3.8) is 0 Å². The molecule has 112 valence electrons. The molecule has 1 aromatic carbocycles. The monoisotopic (exact) mass is 289 g/mol. The van der Waals surface area contributed by atoms with Gasteiger partial charge in [0, 0.05) is 29.1 Å². The summed E-state index contributed by atoms with van der Waals surface area (Å²) in [7, 11) is 1.52. The molecule has 1 heterocycles. The highest BCUT2D eigenvalue weighted by Crippen LogP contribution is 2.21. The molecule has 0 aliphatic rings. The summed E-state index contributed by atoms with van der Waals surface area (Å²) < 4.78 is 19.0. The molecule has 0 saturated carbocycles. The van der Waals surface area contributed by atoms with E-state index in [0.29, 0.717) is 23.7 Å². The highest BCUT2D eigenvalue weighted by molar-refractivity contribution is 5.30. The lowest BCUT2D eigenvalue weighted by molar-refractivity contribution is 0.409. The molecule has 0 aliphatic carbocycles. The SMILES string of the molecule is COc1ccc([C@H](C)NCc2nc(C)cc(C)n2)c(F)c1. The van der Waals surface area contributed by atoms with E-state index in [2.05, 4.69) is 15.3 Å². The molecule has 2 rings (SSSR count). The van der Waals surface area contributed by atoms with Gasteiger partial charge in [-0.15, -0.1) is 0 Å². The summed E-state index contributed by atoms with van der Waals surface area (Å²) in [6.07, 6.45) is 0. The molecule has 21 heavy (non-hydrogen) atoms. The zero-order chi connectivity index (χ0) is 15.4. The smallest absolute Gasteiger partial charge is 0.142 e. The Labute approximate surface area is 124 Å². The zero-order valence-corrected chi connectivity index (χ0v) is 12.8. The first-order chi connectivity index (χ1) is 9.99. The van der Waals surface area contributed by atoms with Crippen molar-refractivity contribution in [3.8, 4) is 5.75 Å². The van der Waals surface area contributed by atoms with E-state index in [4.69, 9.17) is 4.74 Å². The maximum absolute atomic E-state index is 14.0. The number of nitrogens with one attached hydrogen (secondary N) is 1. The van der Waals surface area contributed by atoms with Crippen LogP contribution in [0.5, 0.6) is 5.75 Å². The van der Waals surface area contributed by atoms with Gasteiger partial charge >= 0.3 is 0 Å². The standard InChI is InChI=1S/C16H20FN3O/c1-10-7-11(2)20-16(19-10)9-18-12(3)14-6-5-13(21-4)8-15(14)17/h5-8,12,18H,9H2,1-4H3/t12-/m0/s1. The van der Waals surface area contributed by atoms with E-state index in [1.807, 2.05) is 26.8 Å². The van der Waals surface area contributed by atoms with Gasteiger partial charge in [0.2, 0.25) is 0 Å². The summed E-state index contributed by atoms with van der Waals surface area (Å²) in [6.45, 7) is 6.28. The van der Waals surface area contributed by atoms with Crippen LogP contribution in [0.1, 0.15) is 35.7 Å². The van der Waals surface area contributed by atoms with Crippen LogP contribution in [0.2, 0.25) is 0 Å². The van der Waals surface area contributed by atoms with Gasteiger partial charge in [0.15, 0.2) is 0 Å². The number of hydrogen-bond donors (Lipinski definition) is 1. The molecule has 0 amide bonds. The molecule has 0 spiro atoms. The Hall–Kier alpha value is -2.01. The number of ether oxygens (including phenoxy) is 1. The van der Waals surface area contributed by atoms with Gasteiger partial charge < -0.3 is 10.1 Å².